The lowest BCUT2D eigenvalue weighted by atomic mass is 10.1. The van der Waals surface area contributed by atoms with Crippen LogP contribution in [-0.4, -0.2) is 44.5 Å². The predicted molar refractivity (Wildman–Crippen MR) is 106 cm³/mol. The van der Waals surface area contributed by atoms with E-state index in [-0.39, 0.29) is 16.8 Å². The van der Waals surface area contributed by atoms with Crippen LogP contribution in [0.1, 0.15) is 32.7 Å². The molecular formula is C20H23N3O5. The number of non-ortho nitro benzene ring substituents is 1. The van der Waals surface area contributed by atoms with Gasteiger partial charge in [0.25, 0.3) is 11.6 Å². The molecule has 0 atom stereocenters. The number of carbonyl (C=O) groups is 2. The number of nitro benzene ring substituents is 1. The molecule has 0 unspecified atom stereocenters. The van der Waals surface area contributed by atoms with Crippen molar-refractivity contribution in [2.75, 3.05) is 32.6 Å². The number of methoxy groups -OCH3 is 1. The van der Waals surface area contributed by atoms with Crippen LogP contribution in [-0.2, 0) is 11.2 Å². The molecular weight excluding hydrogens is 362 g/mol. The number of benzene rings is 2. The predicted octanol–water partition coefficient (Wildman–Crippen LogP) is 2.81. The number of esters is 1. The van der Waals surface area contributed by atoms with Crippen molar-refractivity contribution in [3.8, 4) is 0 Å². The first-order valence-electron chi connectivity index (χ1n) is 8.74. The minimum absolute atomic E-state index is 0.0390. The molecule has 2 rings (SSSR count). The fraction of sp³-hybridized carbons (Fsp3) is 0.300. The molecule has 1 amide bonds. The molecule has 148 valence electrons. The van der Waals surface area contributed by atoms with E-state index in [1.807, 2.05) is 43.3 Å². The lowest BCUT2D eigenvalue weighted by Gasteiger charge is -2.12. The van der Waals surface area contributed by atoms with Crippen LogP contribution in [0.5, 0.6) is 0 Å². The van der Waals surface area contributed by atoms with E-state index >= 15 is 0 Å². The highest BCUT2D eigenvalue weighted by molar-refractivity contribution is 5.98. The second kappa shape index (κ2) is 9.50. The summed E-state index contributed by atoms with van der Waals surface area (Å²) in [7, 11) is 5.13. The zero-order valence-corrected chi connectivity index (χ0v) is 16.1. The highest BCUT2D eigenvalue weighted by Crippen LogP contribution is 2.18. The van der Waals surface area contributed by atoms with Gasteiger partial charge in [-0.15, -0.1) is 0 Å². The molecule has 1 N–H and O–H groups in total. The topological polar surface area (TPSA) is 102 Å². The number of ether oxygens (including phenoxy) is 1. The van der Waals surface area contributed by atoms with Gasteiger partial charge in [-0.2, -0.15) is 0 Å². The summed E-state index contributed by atoms with van der Waals surface area (Å²) >= 11 is 0. The van der Waals surface area contributed by atoms with Gasteiger partial charge in [0, 0.05) is 44.0 Å². The average Bonchev–Trinajstić information content (AvgIpc) is 2.70. The summed E-state index contributed by atoms with van der Waals surface area (Å²) in [5.41, 5.74) is 1.94. The molecule has 2 aromatic rings. The van der Waals surface area contributed by atoms with E-state index in [2.05, 4.69) is 10.1 Å². The number of hydrogen-bond donors (Lipinski definition) is 1. The Morgan fingerprint density at radius 2 is 1.75 bits per heavy atom. The Kier molecular flexibility index (Phi) is 7.08. The SMILES string of the molecule is COC(=O)c1cc(C(=O)NCCCc2ccc(N(C)C)cc2)cc([N+](=O)[O-])c1. The largest absolute Gasteiger partial charge is 0.465 e. The van der Waals surface area contributed by atoms with Crippen molar-refractivity contribution in [3.05, 3.63) is 69.3 Å². The first kappa shape index (κ1) is 20.9. The number of hydrogen-bond acceptors (Lipinski definition) is 6. The van der Waals surface area contributed by atoms with Crippen LogP contribution in [0.15, 0.2) is 42.5 Å². The minimum atomic E-state index is -0.737. The second-order valence-electron chi connectivity index (χ2n) is 6.44. The number of amides is 1. The van der Waals surface area contributed by atoms with Gasteiger partial charge < -0.3 is 15.0 Å². The Morgan fingerprint density at radius 3 is 2.32 bits per heavy atom. The highest BCUT2D eigenvalue weighted by atomic mass is 16.6. The summed E-state index contributed by atoms with van der Waals surface area (Å²) in [6, 6.07) is 11.7. The zero-order chi connectivity index (χ0) is 20.7. The van der Waals surface area contributed by atoms with E-state index in [0.717, 1.165) is 29.8 Å². The quantitative estimate of drug-likeness (QED) is 0.324. The molecule has 8 nitrogen and oxygen atoms in total. The van der Waals surface area contributed by atoms with E-state index in [9.17, 15) is 19.7 Å². The molecule has 0 heterocycles. The molecule has 0 aliphatic heterocycles. The third-order valence-corrected chi connectivity index (χ3v) is 4.19. The Bertz CT molecular complexity index is 863. The Labute approximate surface area is 163 Å². The first-order chi connectivity index (χ1) is 13.3. The lowest BCUT2D eigenvalue weighted by molar-refractivity contribution is -0.384. The first-order valence-corrected chi connectivity index (χ1v) is 8.74. The molecule has 0 saturated heterocycles. The number of carbonyl (C=O) groups excluding carboxylic acids is 2. The third-order valence-electron chi connectivity index (χ3n) is 4.19. The van der Waals surface area contributed by atoms with Gasteiger partial charge >= 0.3 is 5.97 Å². The van der Waals surface area contributed by atoms with Gasteiger partial charge in [0.05, 0.1) is 17.6 Å². The van der Waals surface area contributed by atoms with Gasteiger partial charge in [-0.3, -0.25) is 14.9 Å². The van der Waals surface area contributed by atoms with Crippen molar-refractivity contribution in [3.63, 3.8) is 0 Å². The summed E-state index contributed by atoms with van der Waals surface area (Å²) in [6.45, 7) is 0.407. The second-order valence-corrected chi connectivity index (χ2v) is 6.44. The highest BCUT2D eigenvalue weighted by Gasteiger charge is 2.18. The number of nitrogens with one attached hydrogen (secondary N) is 1. The van der Waals surface area contributed by atoms with E-state index in [0.29, 0.717) is 13.0 Å². The van der Waals surface area contributed by atoms with Crippen LogP contribution >= 0.6 is 0 Å². The van der Waals surface area contributed by atoms with E-state index in [4.69, 9.17) is 0 Å². The van der Waals surface area contributed by atoms with Gasteiger partial charge in [-0.05, 0) is 36.6 Å². The number of nitro groups is 1. The molecule has 0 fully saturated rings. The van der Waals surface area contributed by atoms with E-state index < -0.39 is 16.8 Å². The van der Waals surface area contributed by atoms with Crippen molar-refractivity contribution in [2.45, 2.75) is 12.8 Å². The number of anilines is 1. The van der Waals surface area contributed by atoms with Crippen molar-refractivity contribution < 1.29 is 19.2 Å². The molecule has 2 aromatic carbocycles. The summed E-state index contributed by atoms with van der Waals surface area (Å²) < 4.78 is 4.58. The normalized spacial score (nSPS) is 10.2. The number of aryl methyl sites for hydroxylation is 1. The molecule has 8 heteroatoms. The van der Waals surface area contributed by atoms with Gasteiger partial charge in [-0.1, -0.05) is 12.1 Å². The minimum Gasteiger partial charge on any atom is -0.465 e. The van der Waals surface area contributed by atoms with E-state index in [1.165, 1.54) is 13.2 Å². The van der Waals surface area contributed by atoms with Gasteiger partial charge in [-0.25, -0.2) is 4.79 Å². The molecule has 28 heavy (non-hydrogen) atoms. The monoisotopic (exact) mass is 385 g/mol. The standard InChI is InChI=1S/C20H23N3O5/c1-22(2)17-8-6-14(7-9-17)5-4-10-21-19(24)15-11-16(20(25)28-3)13-18(12-15)23(26)27/h6-9,11-13H,4-5,10H2,1-3H3,(H,21,24). The third kappa shape index (κ3) is 5.54. The Balaban J connectivity index is 1.96. The van der Waals surface area contributed by atoms with Gasteiger partial charge in [0.15, 0.2) is 0 Å². The van der Waals surface area contributed by atoms with Gasteiger partial charge in [0.1, 0.15) is 0 Å². The molecule has 0 spiro atoms. The summed E-state index contributed by atoms with van der Waals surface area (Å²) in [5, 5.41) is 13.8. The summed E-state index contributed by atoms with van der Waals surface area (Å²) in [5.74, 6) is -1.21. The Morgan fingerprint density at radius 1 is 1.11 bits per heavy atom. The molecule has 0 saturated carbocycles. The van der Waals surface area contributed by atoms with Crippen molar-refractivity contribution in [2.24, 2.45) is 0 Å². The Hall–Kier alpha value is -3.42. The fourth-order valence-electron chi connectivity index (χ4n) is 2.64. The fourth-order valence-corrected chi connectivity index (χ4v) is 2.64. The number of rotatable bonds is 8. The van der Waals surface area contributed by atoms with Crippen LogP contribution in [0, 0.1) is 10.1 Å². The summed E-state index contributed by atoms with van der Waals surface area (Å²) in [4.78, 5) is 36.4. The summed E-state index contributed by atoms with van der Waals surface area (Å²) in [6.07, 6.45) is 1.50. The molecule has 0 aliphatic rings. The maximum Gasteiger partial charge on any atom is 0.338 e. The van der Waals surface area contributed by atoms with Crippen LogP contribution in [0.4, 0.5) is 11.4 Å². The molecule has 0 bridgehead atoms. The van der Waals surface area contributed by atoms with Crippen molar-refractivity contribution >= 4 is 23.3 Å². The smallest absolute Gasteiger partial charge is 0.338 e. The lowest BCUT2D eigenvalue weighted by Crippen LogP contribution is -2.25. The van der Waals surface area contributed by atoms with Crippen molar-refractivity contribution in [1.29, 1.82) is 0 Å². The molecule has 0 radical (unpaired) electrons. The van der Waals surface area contributed by atoms with Gasteiger partial charge in [0.2, 0.25) is 0 Å². The maximum absolute atomic E-state index is 12.3. The number of nitrogens with zero attached hydrogens (tertiary/aromatic N) is 2. The average molecular weight is 385 g/mol. The van der Waals surface area contributed by atoms with Crippen LogP contribution in [0.3, 0.4) is 0 Å². The van der Waals surface area contributed by atoms with Crippen molar-refractivity contribution in [1.82, 2.24) is 5.32 Å². The van der Waals surface area contributed by atoms with Crippen LogP contribution < -0.4 is 10.2 Å². The zero-order valence-electron chi connectivity index (χ0n) is 16.1. The van der Waals surface area contributed by atoms with E-state index in [1.54, 1.807) is 0 Å². The van der Waals surface area contributed by atoms with Crippen LogP contribution in [0.25, 0.3) is 0 Å². The maximum atomic E-state index is 12.3. The molecule has 0 aliphatic carbocycles. The molecule has 0 aromatic heterocycles. The van der Waals surface area contributed by atoms with Crippen LogP contribution in [0.2, 0.25) is 0 Å².